The third-order valence-electron chi connectivity index (χ3n) is 3.02. The molecule has 0 fully saturated rings. The first-order valence-corrected chi connectivity index (χ1v) is 6.30. The Morgan fingerprint density at radius 2 is 1.33 bits per heavy atom. The van der Waals surface area contributed by atoms with Crippen LogP contribution in [0.15, 0.2) is 48.5 Å². The third kappa shape index (κ3) is 1.80. The van der Waals surface area contributed by atoms with Crippen molar-refractivity contribution < 1.29 is 0 Å². The van der Waals surface area contributed by atoms with Gasteiger partial charge in [0.05, 0.1) is 16.7 Å². The van der Waals surface area contributed by atoms with Crippen LogP contribution in [0.2, 0.25) is 0 Å². The summed E-state index contributed by atoms with van der Waals surface area (Å²) in [4.78, 5) is 4.71. The summed E-state index contributed by atoms with van der Waals surface area (Å²) >= 11 is 0. The van der Waals surface area contributed by atoms with Gasteiger partial charge in [-0.15, -0.1) is 0 Å². The summed E-state index contributed by atoms with van der Waals surface area (Å²) in [6.07, 6.45) is 0. The van der Waals surface area contributed by atoms with Crippen molar-refractivity contribution in [1.82, 2.24) is 4.98 Å². The zero-order chi connectivity index (χ0) is 12.5. The molecule has 18 heavy (non-hydrogen) atoms. The minimum atomic E-state index is 0.402. The molecule has 0 aliphatic rings. The maximum Gasteiger partial charge on any atom is 0.0730 e. The maximum atomic E-state index is 4.71. The molecule has 0 spiro atoms. The minimum absolute atomic E-state index is 0.402. The van der Waals surface area contributed by atoms with Crippen LogP contribution in [0.5, 0.6) is 0 Å². The van der Waals surface area contributed by atoms with Crippen LogP contribution >= 0.6 is 0 Å². The van der Waals surface area contributed by atoms with E-state index in [4.69, 9.17) is 4.98 Å². The number of aromatic nitrogens is 1. The monoisotopic (exact) mass is 236 g/mol. The number of benzene rings is 2. The topological polar surface area (TPSA) is 24.9 Å². The van der Waals surface area contributed by atoms with Crippen LogP contribution in [-0.4, -0.2) is 11.0 Å². The third-order valence-corrected chi connectivity index (χ3v) is 3.02. The molecule has 2 heteroatoms. The van der Waals surface area contributed by atoms with E-state index in [9.17, 15) is 0 Å². The number of pyridine rings is 1. The Labute approximate surface area is 107 Å². The highest BCUT2D eigenvalue weighted by atomic mass is 14.9. The molecule has 0 aliphatic carbocycles. The first-order valence-electron chi connectivity index (χ1n) is 6.30. The van der Waals surface area contributed by atoms with E-state index >= 15 is 0 Å². The molecule has 1 N–H and O–H groups in total. The molecule has 2 aromatic carbocycles. The summed E-state index contributed by atoms with van der Waals surface area (Å²) in [5, 5.41) is 5.92. The summed E-state index contributed by atoms with van der Waals surface area (Å²) in [5.74, 6) is 0. The Morgan fingerprint density at radius 3 is 1.83 bits per heavy atom. The Balaban J connectivity index is 2.41. The van der Waals surface area contributed by atoms with Gasteiger partial charge in [0.1, 0.15) is 0 Å². The van der Waals surface area contributed by atoms with E-state index in [1.165, 1.54) is 16.5 Å². The van der Waals surface area contributed by atoms with E-state index in [-0.39, 0.29) is 0 Å². The van der Waals surface area contributed by atoms with Crippen molar-refractivity contribution >= 4 is 27.5 Å². The quantitative estimate of drug-likeness (QED) is 0.674. The van der Waals surface area contributed by atoms with Gasteiger partial charge in [-0.2, -0.15) is 0 Å². The Bertz CT molecular complexity index is 648. The zero-order valence-corrected chi connectivity index (χ0v) is 10.6. The summed E-state index contributed by atoms with van der Waals surface area (Å²) in [6.45, 7) is 4.31. The zero-order valence-electron chi connectivity index (χ0n) is 10.6. The summed E-state index contributed by atoms with van der Waals surface area (Å²) in [7, 11) is 0. The van der Waals surface area contributed by atoms with Gasteiger partial charge in [0.15, 0.2) is 0 Å². The fourth-order valence-electron chi connectivity index (χ4n) is 2.28. The van der Waals surface area contributed by atoms with E-state index in [2.05, 4.69) is 55.6 Å². The van der Waals surface area contributed by atoms with Gasteiger partial charge in [-0.05, 0) is 26.0 Å². The average Bonchev–Trinajstić information content (AvgIpc) is 2.38. The molecule has 0 unspecified atom stereocenters. The summed E-state index contributed by atoms with van der Waals surface area (Å²) < 4.78 is 0. The highest BCUT2D eigenvalue weighted by Crippen LogP contribution is 2.30. The second kappa shape index (κ2) is 4.30. The predicted octanol–water partition coefficient (Wildman–Crippen LogP) is 4.21. The van der Waals surface area contributed by atoms with Gasteiger partial charge in [0.2, 0.25) is 0 Å². The van der Waals surface area contributed by atoms with Crippen LogP contribution in [-0.2, 0) is 0 Å². The number of anilines is 1. The molecule has 2 nitrogen and oxygen atoms in total. The normalized spacial score (nSPS) is 11.3. The fourth-order valence-corrected chi connectivity index (χ4v) is 2.28. The SMILES string of the molecule is CC(C)Nc1c2ccccc2nc2ccccc12. The van der Waals surface area contributed by atoms with Gasteiger partial charge < -0.3 is 5.32 Å². The Hall–Kier alpha value is -2.09. The van der Waals surface area contributed by atoms with E-state index in [1.807, 2.05) is 12.1 Å². The number of fused-ring (bicyclic) bond motifs is 2. The lowest BCUT2D eigenvalue weighted by Gasteiger charge is -2.15. The van der Waals surface area contributed by atoms with Crippen LogP contribution < -0.4 is 5.32 Å². The fraction of sp³-hybridized carbons (Fsp3) is 0.188. The van der Waals surface area contributed by atoms with Crippen molar-refractivity contribution in [3.05, 3.63) is 48.5 Å². The van der Waals surface area contributed by atoms with Crippen molar-refractivity contribution in [2.45, 2.75) is 19.9 Å². The van der Waals surface area contributed by atoms with Gasteiger partial charge >= 0.3 is 0 Å². The number of hydrogen-bond acceptors (Lipinski definition) is 2. The molecule has 0 bridgehead atoms. The Kier molecular flexibility index (Phi) is 2.63. The molecule has 3 rings (SSSR count). The van der Waals surface area contributed by atoms with Crippen molar-refractivity contribution in [3.8, 4) is 0 Å². The van der Waals surface area contributed by atoms with Crippen molar-refractivity contribution in [1.29, 1.82) is 0 Å². The molecule has 0 radical (unpaired) electrons. The molecule has 0 atom stereocenters. The largest absolute Gasteiger partial charge is 0.382 e. The number of nitrogens with one attached hydrogen (secondary N) is 1. The lowest BCUT2D eigenvalue weighted by Crippen LogP contribution is -2.10. The average molecular weight is 236 g/mol. The summed E-state index contributed by atoms with van der Waals surface area (Å²) in [6, 6.07) is 17.0. The Morgan fingerprint density at radius 1 is 0.833 bits per heavy atom. The van der Waals surface area contributed by atoms with E-state index in [0.29, 0.717) is 6.04 Å². The van der Waals surface area contributed by atoms with Crippen LogP contribution in [0.3, 0.4) is 0 Å². The highest BCUT2D eigenvalue weighted by molar-refractivity contribution is 6.07. The molecule has 0 saturated carbocycles. The van der Waals surface area contributed by atoms with Gasteiger partial charge in [-0.1, -0.05) is 36.4 Å². The molecule has 1 heterocycles. The first kappa shape index (κ1) is 11.0. The first-order chi connectivity index (χ1) is 8.75. The number of hydrogen-bond donors (Lipinski definition) is 1. The van der Waals surface area contributed by atoms with Crippen molar-refractivity contribution in [2.75, 3.05) is 5.32 Å². The molecule has 0 saturated heterocycles. The van der Waals surface area contributed by atoms with Crippen LogP contribution in [0.25, 0.3) is 21.8 Å². The molecular weight excluding hydrogens is 220 g/mol. The number of nitrogens with zero attached hydrogens (tertiary/aromatic N) is 1. The standard InChI is InChI=1S/C16H16N2/c1-11(2)17-16-12-7-3-5-9-14(12)18-15-10-6-4-8-13(15)16/h3-11H,1-2H3,(H,17,18). The molecule has 0 amide bonds. The second-order valence-corrected chi connectivity index (χ2v) is 4.82. The van der Waals surface area contributed by atoms with E-state index in [0.717, 1.165) is 11.0 Å². The van der Waals surface area contributed by atoms with Gasteiger partial charge in [-0.3, -0.25) is 0 Å². The molecular formula is C16H16N2. The van der Waals surface area contributed by atoms with E-state index in [1.54, 1.807) is 0 Å². The molecule has 3 aromatic rings. The van der Waals surface area contributed by atoms with Crippen LogP contribution in [0, 0.1) is 0 Å². The second-order valence-electron chi connectivity index (χ2n) is 4.82. The minimum Gasteiger partial charge on any atom is -0.382 e. The lowest BCUT2D eigenvalue weighted by atomic mass is 10.1. The summed E-state index contributed by atoms with van der Waals surface area (Å²) in [5.41, 5.74) is 3.27. The predicted molar refractivity (Wildman–Crippen MR) is 78.0 cm³/mol. The van der Waals surface area contributed by atoms with Crippen molar-refractivity contribution in [3.63, 3.8) is 0 Å². The molecule has 1 aromatic heterocycles. The lowest BCUT2D eigenvalue weighted by molar-refractivity contribution is 0.903. The van der Waals surface area contributed by atoms with Crippen LogP contribution in [0.4, 0.5) is 5.69 Å². The van der Waals surface area contributed by atoms with E-state index < -0.39 is 0 Å². The smallest absolute Gasteiger partial charge is 0.0730 e. The van der Waals surface area contributed by atoms with Crippen molar-refractivity contribution in [2.24, 2.45) is 0 Å². The van der Waals surface area contributed by atoms with Gasteiger partial charge in [0.25, 0.3) is 0 Å². The number of rotatable bonds is 2. The molecule has 90 valence electrons. The maximum absolute atomic E-state index is 4.71. The van der Waals surface area contributed by atoms with Gasteiger partial charge in [0, 0.05) is 16.8 Å². The van der Waals surface area contributed by atoms with Gasteiger partial charge in [-0.25, -0.2) is 4.98 Å². The van der Waals surface area contributed by atoms with Crippen LogP contribution in [0.1, 0.15) is 13.8 Å². The highest BCUT2D eigenvalue weighted by Gasteiger charge is 2.08. The number of para-hydroxylation sites is 2. The molecule has 0 aliphatic heterocycles.